The van der Waals surface area contributed by atoms with Crippen LogP contribution in [0.5, 0.6) is 5.75 Å². The van der Waals surface area contributed by atoms with Gasteiger partial charge in [0.15, 0.2) is 5.96 Å². The van der Waals surface area contributed by atoms with Gasteiger partial charge in [-0.3, -0.25) is 4.99 Å². The number of nitrogens with zero attached hydrogens (tertiary/aromatic N) is 1. The van der Waals surface area contributed by atoms with Crippen LogP contribution in [0.3, 0.4) is 0 Å². The molecule has 0 aromatic heterocycles. The Morgan fingerprint density at radius 3 is 2.23 bits per heavy atom. The lowest BCUT2D eigenvalue weighted by atomic mass is 10.1. The Morgan fingerprint density at radius 2 is 1.64 bits per heavy atom. The first-order chi connectivity index (χ1) is 10.3. The number of guanidine groups is 1. The molecule has 5 heteroatoms. The molecule has 0 unspecified atom stereocenters. The predicted molar refractivity (Wildman–Crippen MR) is 105 cm³/mol. The lowest BCUT2D eigenvalue weighted by Gasteiger charge is -2.11. The zero-order chi connectivity index (χ0) is 15.3. The summed E-state index contributed by atoms with van der Waals surface area (Å²) in [6.07, 6.45) is 7.09. The first-order valence-corrected chi connectivity index (χ1v) is 7.98. The minimum atomic E-state index is 0. The summed E-state index contributed by atoms with van der Waals surface area (Å²) in [5.74, 6) is 1.21. The van der Waals surface area contributed by atoms with Crippen LogP contribution in [0.1, 0.15) is 44.6 Å². The number of hydrogen-bond acceptors (Lipinski definition) is 2. The fourth-order valence-corrected chi connectivity index (χ4v) is 2.14. The van der Waals surface area contributed by atoms with Crippen molar-refractivity contribution in [2.75, 3.05) is 20.1 Å². The average molecular weight is 419 g/mol. The molecule has 1 aromatic carbocycles. The second-order valence-electron chi connectivity index (χ2n) is 5.26. The van der Waals surface area contributed by atoms with Gasteiger partial charge in [0.2, 0.25) is 0 Å². The van der Waals surface area contributed by atoms with E-state index in [1.54, 1.807) is 19.2 Å². The normalized spacial score (nSPS) is 10.9. The van der Waals surface area contributed by atoms with Gasteiger partial charge >= 0.3 is 0 Å². The molecule has 1 aromatic rings. The Kier molecular flexibility index (Phi) is 13.1. The average Bonchev–Trinajstić information content (AvgIpc) is 2.51. The number of nitrogens with one attached hydrogen (secondary N) is 2. The van der Waals surface area contributed by atoms with Crippen molar-refractivity contribution in [3.05, 3.63) is 29.8 Å². The van der Waals surface area contributed by atoms with E-state index in [0.717, 1.165) is 31.9 Å². The molecule has 126 valence electrons. The zero-order valence-corrected chi connectivity index (χ0v) is 16.1. The highest BCUT2D eigenvalue weighted by atomic mass is 127. The van der Waals surface area contributed by atoms with Crippen molar-refractivity contribution in [3.63, 3.8) is 0 Å². The molecule has 0 saturated carbocycles. The van der Waals surface area contributed by atoms with Crippen molar-refractivity contribution in [2.24, 2.45) is 4.99 Å². The van der Waals surface area contributed by atoms with E-state index >= 15 is 0 Å². The highest BCUT2D eigenvalue weighted by molar-refractivity contribution is 14.0. The molecule has 22 heavy (non-hydrogen) atoms. The Bertz CT molecular complexity index is 407. The molecule has 0 bridgehead atoms. The van der Waals surface area contributed by atoms with Gasteiger partial charge in [0.1, 0.15) is 5.75 Å². The van der Waals surface area contributed by atoms with Crippen molar-refractivity contribution >= 4 is 29.9 Å². The maximum atomic E-state index is 9.23. The molecule has 0 amide bonds. The van der Waals surface area contributed by atoms with Crippen LogP contribution in [-0.2, 0) is 6.42 Å². The standard InChI is InChI=1S/C17H29N3O.HI/c1-3-4-5-6-13-19-17(18-2)20-14-7-8-15-9-11-16(21)12-10-15;/h9-12,21H,3-8,13-14H2,1-2H3,(H2,18,19,20);1H. The molecule has 4 nitrogen and oxygen atoms in total. The number of benzene rings is 1. The topological polar surface area (TPSA) is 56.7 Å². The van der Waals surface area contributed by atoms with E-state index in [1.807, 2.05) is 12.1 Å². The summed E-state index contributed by atoms with van der Waals surface area (Å²) in [7, 11) is 1.81. The van der Waals surface area contributed by atoms with Crippen LogP contribution in [0.2, 0.25) is 0 Å². The quantitative estimate of drug-likeness (QED) is 0.248. The van der Waals surface area contributed by atoms with Crippen molar-refractivity contribution < 1.29 is 5.11 Å². The van der Waals surface area contributed by atoms with Crippen LogP contribution in [0.25, 0.3) is 0 Å². The lowest BCUT2D eigenvalue weighted by Crippen LogP contribution is -2.38. The highest BCUT2D eigenvalue weighted by Gasteiger charge is 1.98. The number of rotatable bonds is 9. The lowest BCUT2D eigenvalue weighted by molar-refractivity contribution is 0.475. The molecule has 0 aliphatic carbocycles. The molecule has 0 atom stereocenters. The van der Waals surface area contributed by atoms with Crippen LogP contribution in [0, 0.1) is 0 Å². The third-order valence-electron chi connectivity index (χ3n) is 3.42. The molecule has 0 radical (unpaired) electrons. The molecule has 0 aliphatic rings. The number of phenolic OH excluding ortho intramolecular Hbond substituents is 1. The zero-order valence-electron chi connectivity index (χ0n) is 13.8. The van der Waals surface area contributed by atoms with Gasteiger partial charge in [0.05, 0.1) is 0 Å². The smallest absolute Gasteiger partial charge is 0.190 e. The van der Waals surface area contributed by atoms with Crippen LogP contribution >= 0.6 is 24.0 Å². The van der Waals surface area contributed by atoms with E-state index in [4.69, 9.17) is 0 Å². The van der Waals surface area contributed by atoms with Gasteiger partial charge in [0, 0.05) is 20.1 Å². The summed E-state index contributed by atoms with van der Waals surface area (Å²) in [4.78, 5) is 4.22. The number of halogens is 1. The van der Waals surface area contributed by atoms with Gasteiger partial charge in [0.25, 0.3) is 0 Å². The van der Waals surface area contributed by atoms with Crippen LogP contribution in [0.15, 0.2) is 29.3 Å². The Balaban J connectivity index is 0.00000441. The molecular formula is C17H30IN3O. The molecule has 0 spiro atoms. The summed E-state index contributed by atoms with van der Waals surface area (Å²) in [6, 6.07) is 7.41. The number of aryl methyl sites for hydroxylation is 1. The van der Waals surface area contributed by atoms with Crippen molar-refractivity contribution in [1.82, 2.24) is 10.6 Å². The van der Waals surface area contributed by atoms with E-state index in [-0.39, 0.29) is 24.0 Å². The number of phenols is 1. The van der Waals surface area contributed by atoms with Gasteiger partial charge in [-0.05, 0) is 37.0 Å². The van der Waals surface area contributed by atoms with E-state index in [1.165, 1.54) is 31.2 Å². The van der Waals surface area contributed by atoms with Gasteiger partial charge < -0.3 is 15.7 Å². The van der Waals surface area contributed by atoms with Crippen molar-refractivity contribution in [2.45, 2.75) is 45.4 Å². The Morgan fingerprint density at radius 1 is 1.00 bits per heavy atom. The number of hydrogen-bond donors (Lipinski definition) is 3. The van der Waals surface area contributed by atoms with E-state index in [9.17, 15) is 5.11 Å². The second-order valence-corrected chi connectivity index (χ2v) is 5.26. The van der Waals surface area contributed by atoms with Crippen molar-refractivity contribution in [3.8, 4) is 5.75 Å². The Hall–Kier alpha value is -0.980. The molecule has 0 heterocycles. The minimum absolute atomic E-state index is 0. The first-order valence-electron chi connectivity index (χ1n) is 7.98. The third-order valence-corrected chi connectivity index (χ3v) is 3.42. The molecule has 3 N–H and O–H groups in total. The fraction of sp³-hybridized carbons (Fsp3) is 0.588. The maximum absolute atomic E-state index is 9.23. The first kappa shape index (κ1) is 21.0. The van der Waals surface area contributed by atoms with E-state index in [2.05, 4.69) is 22.5 Å². The highest BCUT2D eigenvalue weighted by Crippen LogP contribution is 2.10. The van der Waals surface area contributed by atoms with Gasteiger partial charge in [-0.15, -0.1) is 24.0 Å². The SMILES string of the molecule is CCCCCCNC(=NC)NCCCc1ccc(O)cc1.I. The summed E-state index contributed by atoms with van der Waals surface area (Å²) in [5.41, 5.74) is 1.25. The maximum Gasteiger partial charge on any atom is 0.190 e. The van der Waals surface area contributed by atoms with E-state index in [0.29, 0.717) is 5.75 Å². The summed E-state index contributed by atoms with van der Waals surface area (Å²) in [6.45, 7) is 4.11. The molecule has 0 saturated heterocycles. The molecular weight excluding hydrogens is 389 g/mol. The fourth-order valence-electron chi connectivity index (χ4n) is 2.14. The van der Waals surface area contributed by atoms with Crippen LogP contribution in [-0.4, -0.2) is 31.2 Å². The third kappa shape index (κ3) is 9.87. The van der Waals surface area contributed by atoms with Gasteiger partial charge in [-0.25, -0.2) is 0 Å². The molecule has 0 aliphatic heterocycles. The number of unbranched alkanes of at least 4 members (excludes halogenated alkanes) is 3. The molecule has 0 fully saturated rings. The van der Waals surface area contributed by atoms with E-state index < -0.39 is 0 Å². The number of aliphatic imine (C=N–C) groups is 1. The Labute approximate surface area is 151 Å². The predicted octanol–water partition coefficient (Wildman–Crippen LogP) is 3.69. The molecule has 1 rings (SSSR count). The number of aromatic hydroxyl groups is 1. The monoisotopic (exact) mass is 419 g/mol. The van der Waals surface area contributed by atoms with Crippen LogP contribution in [0.4, 0.5) is 0 Å². The summed E-state index contributed by atoms with van der Waals surface area (Å²) in [5, 5.41) is 15.9. The van der Waals surface area contributed by atoms with Crippen LogP contribution < -0.4 is 10.6 Å². The summed E-state index contributed by atoms with van der Waals surface area (Å²) >= 11 is 0. The second kappa shape index (κ2) is 13.7. The minimum Gasteiger partial charge on any atom is -0.508 e. The van der Waals surface area contributed by atoms with Gasteiger partial charge in [-0.2, -0.15) is 0 Å². The van der Waals surface area contributed by atoms with Gasteiger partial charge in [-0.1, -0.05) is 38.3 Å². The summed E-state index contributed by atoms with van der Waals surface area (Å²) < 4.78 is 0. The van der Waals surface area contributed by atoms with Crippen molar-refractivity contribution in [1.29, 1.82) is 0 Å². The largest absolute Gasteiger partial charge is 0.508 e.